The number of nitrogens with one attached hydrogen (secondary N) is 1. The molecule has 2 heterocycles. The van der Waals surface area contributed by atoms with Crippen molar-refractivity contribution in [3.63, 3.8) is 0 Å². The highest BCUT2D eigenvalue weighted by Crippen LogP contribution is 2.31. The van der Waals surface area contributed by atoms with E-state index in [-0.39, 0.29) is 18.1 Å². The van der Waals surface area contributed by atoms with Crippen LogP contribution in [0.3, 0.4) is 0 Å². The van der Waals surface area contributed by atoms with Crippen molar-refractivity contribution in [2.24, 2.45) is 0 Å². The zero-order valence-corrected chi connectivity index (χ0v) is 16.3. The van der Waals surface area contributed by atoms with Gasteiger partial charge in [-0.3, -0.25) is 4.79 Å². The molecule has 4 nitrogen and oxygen atoms in total. The number of hydrogen-bond donors (Lipinski definition) is 1. The van der Waals surface area contributed by atoms with E-state index in [1.165, 1.54) is 6.07 Å². The Kier molecular flexibility index (Phi) is 5.58. The third kappa shape index (κ3) is 4.30. The number of rotatable bonds is 6. The summed E-state index contributed by atoms with van der Waals surface area (Å²) in [4.78, 5) is 17.1. The summed E-state index contributed by atoms with van der Waals surface area (Å²) < 4.78 is 16.4. The SMILES string of the molecule is O=C(CC(c1ccccc1F)c1cnc2ccc(Cl)cn12)NCc1ccccc1. The molecule has 1 unspecified atom stereocenters. The lowest BCUT2D eigenvalue weighted by Crippen LogP contribution is -2.25. The zero-order chi connectivity index (χ0) is 20.2. The van der Waals surface area contributed by atoms with E-state index >= 15 is 0 Å². The van der Waals surface area contributed by atoms with E-state index in [1.807, 2.05) is 34.7 Å². The second kappa shape index (κ2) is 8.45. The van der Waals surface area contributed by atoms with Gasteiger partial charge in [-0.1, -0.05) is 60.1 Å². The predicted molar refractivity (Wildman–Crippen MR) is 111 cm³/mol. The number of nitrogens with zero attached hydrogens (tertiary/aromatic N) is 2. The van der Waals surface area contributed by atoms with Crippen LogP contribution in [-0.4, -0.2) is 15.3 Å². The molecule has 0 saturated carbocycles. The molecule has 1 amide bonds. The van der Waals surface area contributed by atoms with Crippen LogP contribution in [0.4, 0.5) is 4.39 Å². The van der Waals surface area contributed by atoms with Crippen LogP contribution < -0.4 is 5.32 Å². The van der Waals surface area contributed by atoms with Crippen LogP contribution in [0.25, 0.3) is 5.65 Å². The van der Waals surface area contributed by atoms with Crippen LogP contribution in [-0.2, 0) is 11.3 Å². The predicted octanol–water partition coefficient (Wildman–Crippen LogP) is 4.97. The number of amides is 1. The van der Waals surface area contributed by atoms with Crippen LogP contribution >= 0.6 is 11.6 Å². The first-order valence-corrected chi connectivity index (χ1v) is 9.67. The summed E-state index contributed by atoms with van der Waals surface area (Å²) in [6.45, 7) is 0.419. The standard InChI is InChI=1S/C23H19ClFN3O/c24-17-10-11-22-26-14-21(28(22)15-17)19(18-8-4-5-9-20(18)25)12-23(29)27-13-16-6-2-1-3-7-16/h1-11,14-15,19H,12-13H2,(H,27,29). The van der Waals surface area contributed by atoms with Crippen LogP contribution in [0.1, 0.15) is 29.2 Å². The Morgan fingerprint density at radius 2 is 1.83 bits per heavy atom. The van der Waals surface area contributed by atoms with Gasteiger partial charge >= 0.3 is 0 Å². The topological polar surface area (TPSA) is 46.4 Å². The molecule has 1 atom stereocenters. The maximum Gasteiger partial charge on any atom is 0.221 e. The molecule has 2 aromatic heterocycles. The highest BCUT2D eigenvalue weighted by Gasteiger charge is 2.24. The minimum Gasteiger partial charge on any atom is -0.352 e. The molecule has 29 heavy (non-hydrogen) atoms. The number of halogens is 2. The lowest BCUT2D eigenvalue weighted by molar-refractivity contribution is -0.121. The van der Waals surface area contributed by atoms with Crippen molar-refractivity contribution in [3.05, 3.63) is 107 Å². The largest absolute Gasteiger partial charge is 0.352 e. The second-order valence-corrected chi connectivity index (χ2v) is 7.24. The van der Waals surface area contributed by atoms with Crippen LogP contribution in [0.5, 0.6) is 0 Å². The fourth-order valence-electron chi connectivity index (χ4n) is 3.42. The molecule has 0 aliphatic carbocycles. The Bertz CT molecular complexity index is 1140. The van der Waals surface area contributed by atoms with E-state index in [0.29, 0.717) is 28.5 Å². The summed E-state index contributed by atoms with van der Waals surface area (Å²) >= 11 is 6.15. The Morgan fingerprint density at radius 1 is 1.07 bits per heavy atom. The average molecular weight is 408 g/mol. The highest BCUT2D eigenvalue weighted by atomic mass is 35.5. The molecule has 146 valence electrons. The summed E-state index contributed by atoms with van der Waals surface area (Å²) in [6, 6.07) is 19.7. The number of imidazole rings is 1. The van der Waals surface area contributed by atoms with Gasteiger partial charge in [-0.15, -0.1) is 0 Å². The van der Waals surface area contributed by atoms with E-state index in [9.17, 15) is 9.18 Å². The molecule has 0 spiro atoms. The van der Waals surface area contributed by atoms with Gasteiger partial charge in [-0.2, -0.15) is 0 Å². The monoisotopic (exact) mass is 407 g/mol. The van der Waals surface area contributed by atoms with Gasteiger partial charge in [0.05, 0.1) is 10.7 Å². The lowest BCUT2D eigenvalue weighted by atomic mass is 9.92. The molecule has 0 aliphatic rings. The molecule has 0 bridgehead atoms. The molecule has 6 heteroatoms. The highest BCUT2D eigenvalue weighted by molar-refractivity contribution is 6.30. The van der Waals surface area contributed by atoms with Gasteiger partial charge < -0.3 is 9.72 Å². The Hall–Kier alpha value is -3.18. The number of aromatic nitrogens is 2. The third-order valence-electron chi connectivity index (χ3n) is 4.86. The summed E-state index contributed by atoms with van der Waals surface area (Å²) in [6.07, 6.45) is 3.50. The maximum atomic E-state index is 14.6. The summed E-state index contributed by atoms with van der Waals surface area (Å²) in [7, 11) is 0. The van der Waals surface area contributed by atoms with Crippen molar-refractivity contribution in [1.29, 1.82) is 0 Å². The first kappa shape index (κ1) is 19.2. The first-order chi connectivity index (χ1) is 14.1. The zero-order valence-electron chi connectivity index (χ0n) is 15.6. The van der Waals surface area contributed by atoms with E-state index < -0.39 is 5.92 Å². The minimum atomic E-state index is -0.500. The molecule has 0 radical (unpaired) electrons. The van der Waals surface area contributed by atoms with Crippen molar-refractivity contribution < 1.29 is 9.18 Å². The number of carbonyl (C=O) groups is 1. The number of benzene rings is 2. The van der Waals surface area contributed by atoms with Crippen LogP contribution in [0.15, 0.2) is 79.1 Å². The Labute approximate surface area is 173 Å². The number of hydrogen-bond acceptors (Lipinski definition) is 2. The summed E-state index contributed by atoms with van der Waals surface area (Å²) in [5.74, 6) is -1.02. The van der Waals surface area contributed by atoms with Gasteiger partial charge in [0.15, 0.2) is 0 Å². The first-order valence-electron chi connectivity index (χ1n) is 9.29. The molecule has 0 fully saturated rings. The molecule has 4 aromatic rings. The lowest BCUT2D eigenvalue weighted by Gasteiger charge is -2.18. The van der Waals surface area contributed by atoms with Gasteiger partial charge in [0, 0.05) is 31.3 Å². The van der Waals surface area contributed by atoms with Crippen molar-refractivity contribution in [3.8, 4) is 0 Å². The van der Waals surface area contributed by atoms with Crippen LogP contribution in [0, 0.1) is 5.82 Å². The van der Waals surface area contributed by atoms with E-state index in [2.05, 4.69) is 10.3 Å². The van der Waals surface area contributed by atoms with E-state index in [1.54, 1.807) is 42.7 Å². The number of fused-ring (bicyclic) bond motifs is 1. The summed E-state index contributed by atoms with van der Waals surface area (Å²) in [5.41, 5.74) is 2.85. The molecular formula is C23H19ClFN3O. The molecule has 0 aliphatic heterocycles. The van der Waals surface area contributed by atoms with Crippen molar-refractivity contribution in [2.75, 3.05) is 0 Å². The van der Waals surface area contributed by atoms with E-state index in [0.717, 1.165) is 5.56 Å². The molecule has 4 rings (SSSR count). The maximum absolute atomic E-state index is 14.6. The molecule has 2 aromatic carbocycles. The van der Waals surface area contributed by atoms with Crippen molar-refractivity contribution in [2.45, 2.75) is 18.9 Å². The van der Waals surface area contributed by atoms with Crippen LogP contribution in [0.2, 0.25) is 5.02 Å². The van der Waals surface area contributed by atoms with Crippen molar-refractivity contribution in [1.82, 2.24) is 14.7 Å². The molecule has 0 saturated heterocycles. The van der Waals surface area contributed by atoms with Gasteiger partial charge in [-0.25, -0.2) is 9.37 Å². The fourth-order valence-corrected chi connectivity index (χ4v) is 3.58. The third-order valence-corrected chi connectivity index (χ3v) is 5.08. The van der Waals surface area contributed by atoms with Gasteiger partial charge in [0.2, 0.25) is 5.91 Å². The Morgan fingerprint density at radius 3 is 2.62 bits per heavy atom. The average Bonchev–Trinajstić information content (AvgIpc) is 3.15. The Balaban J connectivity index is 1.65. The van der Waals surface area contributed by atoms with Gasteiger partial charge in [0.25, 0.3) is 0 Å². The minimum absolute atomic E-state index is 0.0913. The van der Waals surface area contributed by atoms with E-state index in [4.69, 9.17) is 11.6 Å². The van der Waals surface area contributed by atoms with Gasteiger partial charge in [0.1, 0.15) is 11.5 Å². The summed E-state index contributed by atoms with van der Waals surface area (Å²) in [5, 5.41) is 3.46. The second-order valence-electron chi connectivity index (χ2n) is 6.80. The molecule has 1 N–H and O–H groups in total. The molecular weight excluding hydrogens is 389 g/mol. The normalized spacial score (nSPS) is 12.1. The van der Waals surface area contributed by atoms with Crippen molar-refractivity contribution >= 4 is 23.2 Å². The smallest absolute Gasteiger partial charge is 0.221 e. The number of carbonyl (C=O) groups excluding carboxylic acids is 1. The quantitative estimate of drug-likeness (QED) is 0.490. The number of pyridine rings is 1. The fraction of sp³-hybridized carbons (Fsp3) is 0.130. The van der Waals surface area contributed by atoms with Gasteiger partial charge in [-0.05, 0) is 29.3 Å².